The fourth-order valence-electron chi connectivity index (χ4n) is 3.58. The van der Waals surface area contributed by atoms with Crippen molar-refractivity contribution in [3.8, 4) is 34.6 Å². The predicted octanol–water partition coefficient (Wildman–Crippen LogP) is 1.86. The Hall–Kier alpha value is -3.58. The summed E-state index contributed by atoms with van der Waals surface area (Å²) < 4.78 is 12.0. The third kappa shape index (κ3) is 2.48. The zero-order chi connectivity index (χ0) is 18.5. The van der Waals surface area contributed by atoms with Crippen molar-refractivity contribution in [1.82, 2.24) is 19.9 Å². The van der Waals surface area contributed by atoms with Crippen molar-refractivity contribution >= 4 is 19.9 Å². The molecule has 0 radical (unpaired) electrons. The van der Waals surface area contributed by atoms with Gasteiger partial charge in [-0.15, -0.1) is 0 Å². The van der Waals surface area contributed by atoms with Gasteiger partial charge in [-0.2, -0.15) is 4.98 Å². The molecule has 28 heavy (non-hydrogen) atoms. The molecular weight excluding hydrogens is 368 g/mol. The maximum atomic E-state index is 6.03. The van der Waals surface area contributed by atoms with E-state index in [4.69, 9.17) is 14.5 Å². The number of para-hydroxylation sites is 1. The molecule has 2 aliphatic rings. The van der Waals surface area contributed by atoms with E-state index in [1.165, 1.54) is 5.19 Å². The lowest BCUT2D eigenvalue weighted by molar-refractivity contribution is 0.435. The molecule has 0 aliphatic carbocycles. The summed E-state index contributed by atoms with van der Waals surface area (Å²) in [4.78, 5) is 17.9. The summed E-state index contributed by atoms with van der Waals surface area (Å²) in [5, 5.41) is 2.41. The van der Waals surface area contributed by atoms with E-state index >= 15 is 0 Å². The van der Waals surface area contributed by atoms with E-state index in [2.05, 4.69) is 21.0 Å². The number of hydrogen-bond donors (Lipinski definition) is 0. The zero-order valence-corrected chi connectivity index (χ0v) is 16.2. The SMILES string of the molecule is c1ccc2c(c1)Oc1nc(-c3ccc4c(c3)Oc3nccnc3C4)ncc1[SiH2]2. The molecule has 134 valence electrons. The average Bonchev–Trinajstić information content (AvgIpc) is 2.75. The Balaban J connectivity index is 1.36. The molecule has 6 rings (SSSR count). The quantitative estimate of drug-likeness (QED) is 0.404. The summed E-state index contributed by atoms with van der Waals surface area (Å²) in [6.45, 7) is 0. The lowest BCUT2D eigenvalue weighted by atomic mass is 10.0. The first kappa shape index (κ1) is 15.5. The first-order chi connectivity index (χ1) is 13.8. The van der Waals surface area contributed by atoms with E-state index in [9.17, 15) is 0 Å². The molecule has 2 aliphatic heterocycles. The first-order valence-electron chi connectivity index (χ1n) is 9.06. The van der Waals surface area contributed by atoms with Gasteiger partial charge in [0, 0.05) is 41.3 Å². The van der Waals surface area contributed by atoms with Crippen molar-refractivity contribution in [3.05, 3.63) is 72.3 Å². The molecule has 0 saturated heterocycles. The smallest absolute Gasteiger partial charge is 0.241 e. The van der Waals surface area contributed by atoms with E-state index < -0.39 is 9.52 Å². The molecule has 6 nitrogen and oxygen atoms in total. The molecule has 0 fully saturated rings. The number of benzene rings is 2. The summed E-state index contributed by atoms with van der Waals surface area (Å²) in [6.07, 6.45) is 5.93. The van der Waals surface area contributed by atoms with Crippen molar-refractivity contribution in [1.29, 1.82) is 0 Å². The van der Waals surface area contributed by atoms with E-state index in [0.717, 1.165) is 33.5 Å². The maximum absolute atomic E-state index is 6.03. The van der Waals surface area contributed by atoms with E-state index in [1.54, 1.807) is 12.4 Å². The van der Waals surface area contributed by atoms with Gasteiger partial charge in [0.05, 0.1) is 0 Å². The highest BCUT2D eigenvalue weighted by molar-refractivity contribution is 6.69. The highest BCUT2D eigenvalue weighted by Gasteiger charge is 2.22. The van der Waals surface area contributed by atoms with Crippen molar-refractivity contribution in [2.45, 2.75) is 6.42 Å². The summed E-state index contributed by atoms with van der Waals surface area (Å²) in [6, 6.07) is 14.2. The Kier molecular flexibility index (Phi) is 3.30. The van der Waals surface area contributed by atoms with E-state index in [0.29, 0.717) is 24.0 Å². The Morgan fingerprint density at radius 2 is 1.71 bits per heavy atom. The van der Waals surface area contributed by atoms with Crippen LogP contribution in [0.2, 0.25) is 0 Å². The van der Waals surface area contributed by atoms with Crippen LogP contribution in [0, 0.1) is 0 Å². The molecule has 7 heteroatoms. The Morgan fingerprint density at radius 3 is 2.71 bits per heavy atom. The van der Waals surface area contributed by atoms with Gasteiger partial charge in [0.25, 0.3) is 0 Å². The summed E-state index contributed by atoms with van der Waals surface area (Å²) in [5.74, 6) is 3.54. The van der Waals surface area contributed by atoms with Crippen LogP contribution in [-0.4, -0.2) is 29.5 Å². The predicted molar refractivity (Wildman–Crippen MR) is 107 cm³/mol. The third-order valence-corrected chi connectivity index (χ3v) is 6.84. The second-order valence-electron chi connectivity index (χ2n) is 6.82. The molecule has 2 aromatic carbocycles. The summed E-state index contributed by atoms with van der Waals surface area (Å²) >= 11 is 0. The molecule has 4 aromatic rings. The third-order valence-electron chi connectivity index (χ3n) is 5.01. The van der Waals surface area contributed by atoms with Gasteiger partial charge in [0.2, 0.25) is 11.8 Å². The Labute approximate surface area is 163 Å². The molecule has 0 atom stereocenters. The first-order valence-corrected chi connectivity index (χ1v) is 10.5. The minimum Gasteiger partial charge on any atom is -0.439 e. The lowest BCUT2D eigenvalue weighted by Gasteiger charge is -2.20. The van der Waals surface area contributed by atoms with Crippen molar-refractivity contribution < 1.29 is 9.47 Å². The summed E-state index contributed by atoms with van der Waals surface area (Å²) in [7, 11) is -0.626. The number of hydrogen-bond acceptors (Lipinski definition) is 6. The molecule has 4 heterocycles. The molecule has 0 unspecified atom stereocenters. The van der Waals surface area contributed by atoms with Crippen LogP contribution in [0.3, 0.4) is 0 Å². The topological polar surface area (TPSA) is 70.0 Å². The van der Waals surface area contributed by atoms with E-state index in [-0.39, 0.29) is 0 Å². The van der Waals surface area contributed by atoms with Crippen LogP contribution in [0.1, 0.15) is 11.3 Å². The Morgan fingerprint density at radius 1 is 0.821 bits per heavy atom. The minimum absolute atomic E-state index is 0.560. The molecular formula is C21H14N4O2Si. The monoisotopic (exact) mass is 382 g/mol. The molecule has 0 N–H and O–H groups in total. The van der Waals surface area contributed by atoms with Crippen LogP contribution in [0.5, 0.6) is 23.3 Å². The largest absolute Gasteiger partial charge is 0.439 e. The summed E-state index contributed by atoms with van der Waals surface area (Å²) in [5.41, 5.74) is 2.81. The van der Waals surface area contributed by atoms with Crippen LogP contribution < -0.4 is 19.8 Å². The van der Waals surface area contributed by atoms with Crippen molar-refractivity contribution in [3.63, 3.8) is 0 Å². The molecule has 0 bridgehead atoms. The van der Waals surface area contributed by atoms with Gasteiger partial charge >= 0.3 is 0 Å². The van der Waals surface area contributed by atoms with Crippen LogP contribution in [0.15, 0.2) is 61.1 Å². The molecule has 0 amide bonds. The highest BCUT2D eigenvalue weighted by atomic mass is 28.2. The number of ether oxygens (including phenoxy) is 2. The van der Waals surface area contributed by atoms with Gasteiger partial charge < -0.3 is 9.47 Å². The lowest BCUT2D eigenvalue weighted by Crippen LogP contribution is -2.34. The van der Waals surface area contributed by atoms with Crippen LogP contribution >= 0.6 is 0 Å². The van der Waals surface area contributed by atoms with Crippen LogP contribution in [0.4, 0.5) is 0 Å². The second-order valence-corrected chi connectivity index (χ2v) is 8.70. The van der Waals surface area contributed by atoms with Gasteiger partial charge in [-0.3, -0.25) is 4.98 Å². The van der Waals surface area contributed by atoms with E-state index in [1.807, 2.05) is 42.6 Å². The van der Waals surface area contributed by atoms with Gasteiger partial charge in [-0.05, 0) is 17.3 Å². The molecule has 0 spiro atoms. The van der Waals surface area contributed by atoms with Crippen molar-refractivity contribution in [2.24, 2.45) is 0 Å². The van der Waals surface area contributed by atoms with Crippen LogP contribution in [0.25, 0.3) is 11.4 Å². The number of aromatic nitrogens is 4. The van der Waals surface area contributed by atoms with Gasteiger partial charge in [-0.25, -0.2) is 9.97 Å². The number of fused-ring (bicyclic) bond motifs is 4. The van der Waals surface area contributed by atoms with Gasteiger partial charge in [0.15, 0.2) is 5.82 Å². The van der Waals surface area contributed by atoms with Crippen molar-refractivity contribution in [2.75, 3.05) is 0 Å². The molecule has 0 saturated carbocycles. The zero-order valence-electron chi connectivity index (χ0n) is 14.8. The number of rotatable bonds is 1. The molecule has 2 aromatic heterocycles. The minimum atomic E-state index is -0.626. The van der Waals surface area contributed by atoms with Gasteiger partial charge in [0.1, 0.15) is 26.7 Å². The fourth-order valence-corrected chi connectivity index (χ4v) is 5.09. The van der Waals surface area contributed by atoms with Crippen LogP contribution in [-0.2, 0) is 6.42 Å². The normalized spacial score (nSPS) is 14.1. The fraction of sp³-hybridized carbons (Fsp3) is 0.0476. The standard InChI is InChI=1S/C21H14N4O2Si/c1-2-4-17-15(3-1)26-21-18(28-17)11-24-19(25-21)13-6-5-12-9-14-20(23-8-7-22-14)27-16(12)10-13/h1-8,10-11H,9,28H2. The maximum Gasteiger partial charge on any atom is 0.241 e. The van der Waals surface area contributed by atoms with Gasteiger partial charge in [-0.1, -0.05) is 30.3 Å². The Bertz CT molecular complexity index is 1150. The second kappa shape index (κ2) is 5.96. The average molecular weight is 382 g/mol. The number of nitrogens with zero attached hydrogens (tertiary/aromatic N) is 4. The highest BCUT2D eigenvalue weighted by Crippen LogP contribution is 2.36.